The van der Waals surface area contributed by atoms with E-state index in [9.17, 15) is 0 Å². The number of benzene rings is 8. The van der Waals surface area contributed by atoms with Crippen molar-refractivity contribution >= 4 is 42.3 Å². The number of aromatic nitrogens is 2. The van der Waals surface area contributed by atoms with Crippen LogP contribution in [0.4, 0.5) is 0 Å². The van der Waals surface area contributed by atoms with Crippen LogP contribution in [0.15, 0.2) is 194 Å². The average molecular weight is 693 g/mol. The van der Waals surface area contributed by atoms with E-state index in [0.717, 1.165) is 50.3 Å². The van der Waals surface area contributed by atoms with Crippen molar-refractivity contribution in [2.75, 3.05) is 0 Å². The molecule has 0 aliphatic heterocycles. The highest BCUT2D eigenvalue weighted by Gasteiger charge is 2.16. The van der Waals surface area contributed by atoms with Crippen molar-refractivity contribution in [3.8, 4) is 67.3 Å². The van der Waals surface area contributed by atoms with E-state index in [4.69, 9.17) is 9.97 Å². The Morgan fingerprint density at radius 2 is 0.830 bits per heavy atom. The van der Waals surface area contributed by atoms with E-state index >= 15 is 0 Å². The topological polar surface area (TPSA) is 25.8 Å². The van der Waals surface area contributed by atoms with Crippen molar-refractivity contribution in [2.24, 2.45) is 0 Å². The fourth-order valence-corrected chi connectivity index (χ4v) is 8.52. The lowest BCUT2D eigenvalue weighted by Crippen LogP contribution is -1.96. The maximum Gasteiger partial charge on any atom is 0.160 e. The van der Waals surface area contributed by atoms with Gasteiger partial charge < -0.3 is 0 Å². The van der Waals surface area contributed by atoms with E-state index in [1.165, 1.54) is 42.1 Å². The van der Waals surface area contributed by atoms with E-state index in [1.54, 1.807) is 0 Å². The minimum atomic E-state index is 0.702. The molecule has 0 aliphatic rings. The Morgan fingerprint density at radius 3 is 1.58 bits per heavy atom. The molecular weight excluding hydrogens is 661 g/mol. The Bertz CT molecular complexity index is 2930. The number of hydrogen-bond acceptors (Lipinski definition) is 3. The zero-order chi connectivity index (χ0) is 35.1. The summed E-state index contributed by atoms with van der Waals surface area (Å²) >= 11 is 1.86. The molecule has 0 unspecified atom stereocenters. The molecular formula is C50H32N2S. The highest BCUT2D eigenvalue weighted by molar-refractivity contribution is 7.26. The van der Waals surface area contributed by atoms with Crippen LogP contribution in [0.1, 0.15) is 0 Å². The van der Waals surface area contributed by atoms with E-state index in [0.29, 0.717) is 5.82 Å². The summed E-state index contributed by atoms with van der Waals surface area (Å²) in [5.74, 6) is 0.702. The van der Waals surface area contributed by atoms with Gasteiger partial charge >= 0.3 is 0 Å². The van der Waals surface area contributed by atoms with Gasteiger partial charge in [-0.3, -0.25) is 0 Å². The second kappa shape index (κ2) is 13.1. The third-order valence-corrected chi connectivity index (χ3v) is 11.2. The molecule has 2 heterocycles. The lowest BCUT2D eigenvalue weighted by Gasteiger charge is -2.14. The van der Waals surface area contributed by atoms with Crippen molar-refractivity contribution in [1.82, 2.24) is 9.97 Å². The first-order valence-corrected chi connectivity index (χ1v) is 18.7. The molecule has 0 saturated heterocycles. The summed E-state index contributed by atoms with van der Waals surface area (Å²) in [6.45, 7) is 0. The summed E-state index contributed by atoms with van der Waals surface area (Å²) < 4.78 is 2.61. The molecule has 0 amide bonds. The first kappa shape index (κ1) is 31.1. The van der Waals surface area contributed by atoms with Crippen LogP contribution in [0.25, 0.3) is 98.2 Å². The van der Waals surface area contributed by atoms with Crippen molar-refractivity contribution in [3.63, 3.8) is 0 Å². The van der Waals surface area contributed by atoms with Gasteiger partial charge in [-0.1, -0.05) is 146 Å². The molecule has 0 radical (unpaired) electrons. The summed E-state index contributed by atoms with van der Waals surface area (Å²) in [4.78, 5) is 10.4. The quantitative estimate of drug-likeness (QED) is 0.173. The Morgan fingerprint density at radius 1 is 0.302 bits per heavy atom. The lowest BCUT2D eigenvalue weighted by atomic mass is 9.93. The SMILES string of the molecule is c1ccc(-c2cccc(-c3cc(-c4cc(-c5ccccc5)cc(-c5ccc6sc7ccc8ccccc8c7c6c5)c4)nc(-c4ccccc4)n3)c2)cc1. The molecule has 3 heteroatoms. The standard InChI is InChI=1S/C50H32N2S/c1-4-13-33(14-5-1)37-20-12-21-39(27-37)45-32-46(52-50(51-45)36-18-8-3-9-19-36)42-29-40(34-15-6-2-7-16-34)28-41(30-42)38-24-25-47-44(31-38)49-43-22-11-10-17-35(43)23-26-48(49)53-47/h1-32H. The first-order valence-electron chi connectivity index (χ1n) is 17.9. The number of fused-ring (bicyclic) bond motifs is 5. The zero-order valence-corrected chi connectivity index (χ0v) is 29.6. The molecule has 248 valence electrons. The van der Waals surface area contributed by atoms with Crippen LogP contribution >= 0.6 is 11.3 Å². The third-order valence-electron chi connectivity index (χ3n) is 10.1. The summed E-state index contributed by atoms with van der Waals surface area (Å²) in [5.41, 5.74) is 11.8. The van der Waals surface area contributed by atoms with Crippen LogP contribution in [0.3, 0.4) is 0 Å². The van der Waals surface area contributed by atoms with Crippen LogP contribution in [0.2, 0.25) is 0 Å². The molecule has 0 spiro atoms. The van der Waals surface area contributed by atoms with Crippen LogP contribution in [-0.2, 0) is 0 Å². The maximum absolute atomic E-state index is 5.26. The van der Waals surface area contributed by atoms with Crippen LogP contribution in [0, 0.1) is 0 Å². The molecule has 0 saturated carbocycles. The smallest absolute Gasteiger partial charge is 0.160 e. The van der Waals surface area contributed by atoms with Gasteiger partial charge in [-0.05, 0) is 92.7 Å². The van der Waals surface area contributed by atoms with Gasteiger partial charge in [-0.2, -0.15) is 0 Å². The summed E-state index contributed by atoms with van der Waals surface area (Å²) in [7, 11) is 0. The molecule has 0 bridgehead atoms. The van der Waals surface area contributed by atoms with E-state index in [2.05, 4.69) is 176 Å². The number of hydrogen-bond donors (Lipinski definition) is 0. The van der Waals surface area contributed by atoms with Crippen molar-refractivity contribution in [2.45, 2.75) is 0 Å². The Balaban J connectivity index is 1.18. The second-order valence-electron chi connectivity index (χ2n) is 13.4. The van der Waals surface area contributed by atoms with Crippen LogP contribution in [-0.4, -0.2) is 9.97 Å². The molecule has 2 aromatic heterocycles. The van der Waals surface area contributed by atoms with Gasteiger partial charge in [-0.25, -0.2) is 9.97 Å². The van der Waals surface area contributed by atoms with Gasteiger partial charge in [0.25, 0.3) is 0 Å². The summed E-state index contributed by atoms with van der Waals surface area (Å²) in [5, 5.41) is 5.18. The number of thiophene rings is 1. The fourth-order valence-electron chi connectivity index (χ4n) is 7.41. The maximum atomic E-state index is 5.26. The van der Waals surface area contributed by atoms with E-state index in [1.807, 2.05) is 29.5 Å². The van der Waals surface area contributed by atoms with Gasteiger partial charge in [-0.15, -0.1) is 11.3 Å². The molecule has 0 N–H and O–H groups in total. The third kappa shape index (κ3) is 5.87. The second-order valence-corrected chi connectivity index (χ2v) is 14.5. The largest absolute Gasteiger partial charge is 0.228 e. The van der Waals surface area contributed by atoms with E-state index in [-0.39, 0.29) is 0 Å². The van der Waals surface area contributed by atoms with Gasteiger partial charge in [0.1, 0.15) is 0 Å². The molecule has 53 heavy (non-hydrogen) atoms. The summed E-state index contributed by atoms with van der Waals surface area (Å²) in [6.07, 6.45) is 0. The van der Waals surface area contributed by atoms with Gasteiger partial charge in [0.05, 0.1) is 11.4 Å². The van der Waals surface area contributed by atoms with Gasteiger partial charge in [0, 0.05) is 36.9 Å². The Hall–Kier alpha value is -6.68. The molecule has 10 rings (SSSR count). The molecule has 2 nitrogen and oxygen atoms in total. The predicted molar refractivity (Wildman–Crippen MR) is 225 cm³/mol. The molecule has 10 aromatic rings. The average Bonchev–Trinajstić information content (AvgIpc) is 3.63. The highest BCUT2D eigenvalue weighted by Crippen LogP contribution is 2.41. The lowest BCUT2D eigenvalue weighted by molar-refractivity contribution is 1.18. The normalized spacial score (nSPS) is 11.4. The molecule has 0 fully saturated rings. The molecule has 0 aliphatic carbocycles. The number of nitrogens with zero attached hydrogens (tertiary/aromatic N) is 2. The molecule has 8 aromatic carbocycles. The van der Waals surface area contributed by atoms with E-state index < -0.39 is 0 Å². The van der Waals surface area contributed by atoms with Crippen LogP contribution < -0.4 is 0 Å². The Kier molecular flexibility index (Phi) is 7.71. The van der Waals surface area contributed by atoms with Gasteiger partial charge in [0.2, 0.25) is 0 Å². The fraction of sp³-hybridized carbons (Fsp3) is 0. The summed E-state index contributed by atoms with van der Waals surface area (Å²) in [6, 6.07) is 69.2. The Labute approximate surface area is 312 Å². The van der Waals surface area contributed by atoms with Crippen molar-refractivity contribution < 1.29 is 0 Å². The molecule has 0 atom stereocenters. The van der Waals surface area contributed by atoms with Crippen molar-refractivity contribution in [1.29, 1.82) is 0 Å². The number of rotatable bonds is 6. The predicted octanol–water partition coefficient (Wildman–Crippen LogP) is 14.0. The monoisotopic (exact) mass is 692 g/mol. The first-order chi connectivity index (χ1) is 26.2. The minimum absolute atomic E-state index is 0.702. The minimum Gasteiger partial charge on any atom is -0.228 e. The van der Waals surface area contributed by atoms with Gasteiger partial charge in [0.15, 0.2) is 5.82 Å². The van der Waals surface area contributed by atoms with Crippen LogP contribution in [0.5, 0.6) is 0 Å². The van der Waals surface area contributed by atoms with Crippen molar-refractivity contribution in [3.05, 3.63) is 194 Å². The highest BCUT2D eigenvalue weighted by atomic mass is 32.1. The zero-order valence-electron chi connectivity index (χ0n) is 28.8.